The first kappa shape index (κ1) is 18.2. The number of hydrogen-bond donors (Lipinski definition) is 1. The molecule has 5 aromatic rings. The highest BCUT2D eigenvalue weighted by atomic mass is 35.5. The highest BCUT2D eigenvalue weighted by Gasteiger charge is 2.08. The van der Waals surface area contributed by atoms with E-state index in [0.29, 0.717) is 26.7 Å². The van der Waals surface area contributed by atoms with E-state index in [1.165, 1.54) is 0 Å². The quantitative estimate of drug-likeness (QED) is 0.310. The van der Waals surface area contributed by atoms with E-state index in [1.54, 1.807) is 17.4 Å². The van der Waals surface area contributed by atoms with Gasteiger partial charge in [0.25, 0.3) is 0 Å². The first-order chi connectivity index (χ1) is 14.2. The number of para-hydroxylation sites is 1. The van der Waals surface area contributed by atoms with Crippen molar-refractivity contribution in [3.63, 3.8) is 0 Å². The van der Waals surface area contributed by atoms with Gasteiger partial charge >= 0.3 is 0 Å². The van der Waals surface area contributed by atoms with Crippen molar-refractivity contribution in [3.8, 4) is 11.3 Å². The molecule has 2 aromatic heterocycles. The molecule has 0 aliphatic carbocycles. The number of halogens is 2. The minimum absolute atomic E-state index is 0.614. The molecule has 7 heteroatoms. The Labute approximate surface area is 180 Å². The Hall–Kier alpha value is -2.86. The number of anilines is 1. The molecule has 0 aliphatic heterocycles. The van der Waals surface area contributed by atoms with E-state index in [2.05, 4.69) is 15.5 Å². The fraction of sp³-hybridized carbons (Fsp3) is 0. The fourth-order valence-corrected chi connectivity index (χ4v) is 4.12. The average molecular weight is 438 g/mol. The van der Waals surface area contributed by atoms with Crippen LogP contribution in [0.15, 0.2) is 82.3 Å². The summed E-state index contributed by atoms with van der Waals surface area (Å²) in [6, 6.07) is 22.8. The molecule has 142 valence electrons. The van der Waals surface area contributed by atoms with Gasteiger partial charge in [0.2, 0.25) is 5.13 Å². The normalized spacial score (nSPS) is 12.0. The molecule has 0 fully saturated rings. The standard InChI is InChI=1S/C22H13Cl2N3OS/c23-14-7-5-13(6-8-14)20-12-18(16-11-15(24)9-10-19(16)28-20)26-27-22-25-17-3-1-2-4-21(17)29-22/h1-12H,(H,25,27). The van der Waals surface area contributed by atoms with E-state index < -0.39 is 0 Å². The van der Waals surface area contributed by atoms with Gasteiger partial charge in [-0.05, 0) is 54.6 Å². The molecule has 0 unspecified atom stereocenters. The predicted molar refractivity (Wildman–Crippen MR) is 120 cm³/mol. The van der Waals surface area contributed by atoms with Crippen LogP contribution < -0.4 is 10.8 Å². The molecule has 29 heavy (non-hydrogen) atoms. The van der Waals surface area contributed by atoms with E-state index >= 15 is 0 Å². The molecule has 1 N–H and O–H groups in total. The molecule has 2 heterocycles. The average Bonchev–Trinajstić information content (AvgIpc) is 3.15. The molecular formula is C22H13Cl2N3OS. The lowest BCUT2D eigenvalue weighted by Crippen LogP contribution is -2.07. The van der Waals surface area contributed by atoms with Crippen molar-refractivity contribution < 1.29 is 4.42 Å². The van der Waals surface area contributed by atoms with Crippen LogP contribution in [-0.4, -0.2) is 4.98 Å². The van der Waals surface area contributed by atoms with Gasteiger partial charge in [-0.3, -0.25) is 5.43 Å². The number of thiazole rings is 1. The summed E-state index contributed by atoms with van der Waals surface area (Å²) in [5.74, 6) is 0.682. The van der Waals surface area contributed by atoms with Gasteiger partial charge in [-0.2, -0.15) is 5.10 Å². The van der Waals surface area contributed by atoms with Crippen LogP contribution in [0.2, 0.25) is 10.0 Å². The smallest absolute Gasteiger partial charge is 0.204 e. The van der Waals surface area contributed by atoms with Crippen LogP contribution in [0, 0.1) is 0 Å². The van der Waals surface area contributed by atoms with Gasteiger partial charge in [0.15, 0.2) is 0 Å². The molecular weight excluding hydrogens is 425 g/mol. The van der Waals surface area contributed by atoms with Gasteiger partial charge in [0.1, 0.15) is 11.3 Å². The minimum Gasteiger partial charge on any atom is -0.456 e. The molecule has 0 atom stereocenters. The van der Waals surface area contributed by atoms with Crippen molar-refractivity contribution in [2.75, 3.05) is 5.43 Å². The van der Waals surface area contributed by atoms with Crippen molar-refractivity contribution in [2.45, 2.75) is 0 Å². The summed E-state index contributed by atoms with van der Waals surface area (Å²) in [4.78, 5) is 4.57. The highest BCUT2D eigenvalue weighted by Crippen LogP contribution is 2.27. The molecule has 0 spiro atoms. The molecule has 0 radical (unpaired) electrons. The molecule has 0 amide bonds. The second-order valence-corrected chi connectivity index (χ2v) is 8.26. The van der Waals surface area contributed by atoms with Crippen LogP contribution in [0.3, 0.4) is 0 Å². The third kappa shape index (κ3) is 3.72. The summed E-state index contributed by atoms with van der Waals surface area (Å²) in [6.45, 7) is 0. The summed E-state index contributed by atoms with van der Waals surface area (Å²) in [7, 11) is 0. The number of rotatable bonds is 3. The van der Waals surface area contributed by atoms with Gasteiger partial charge in [0, 0.05) is 27.1 Å². The van der Waals surface area contributed by atoms with Crippen LogP contribution in [0.4, 0.5) is 5.13 Å². The Balaban J connectivity index is 1.64. The molecule has 4 nitrogen and oxygen atoms in total. The second-order valence-electron chi connectivity index (χ2n) is 6.35. The summed E-state index contributed by atoms with van der Waals surface area (Å²) >= 11 is 13.8. The summed E-state index contributed by atoms with van der Waals surface area (Å²) in [5.41, 5.74) is 5.61. The zero-order valence-electron chi connectivity index (χ0n) is 14.9. The minimum atomic E-state index is 0.614. The first-order valence-electron chi connectivity index (χ1n) is 8.80. The lowest BCUT2D eigenvalue weighted by molar-refractivity contribution is 0.618. The zero-order chi connectivity index (χ0) is 19.8. The van der Waals surface area contributed by atoms with Crippen molar-refractivity contribution in [3.05, 3.63) is 88.2 Å². The van der Waals surface area contributed by atoms with E-state index in [9.17, 15) is 0 Å². The highest BCUT2D eigenvalue weighted by molar-refractivity contribution is 7.22. The molecule has 0 bridgehead atoms. The Bertz CT molecular complexity index is 1370. The number of hydrogen-bond acceptors (Lipinski definition) is 5. The van der Waals surface area contributed by atoms with Gasteiger partial charge < -0.3 is 4.42 Å². The van der Waals surface area contributed by atoms with Crippen LogP contribution in [0.1, 0.15) is 0 Å². The largest absolute Gasteiger partial charge is 0.456 e. The van der Waals surface area contributed by atoms with E-state index in [4.69, 9.17) is 27.6 Å². The third-order valence-corrected chi connectivity index (χ3v) is 5.83. The maximum Gasteiger partial charge on any atom is 0.204 e. The van der Waals surface area contributed by atoms with Gasteiger partial charge in [-0.15, -0.1) is 0 Å². The molecule has 0 saturated heterocycles. The molecule has 5 rings (SSSR count). The number of nitrogens with zero attached hydrogens (tertiary/aromatic N) is 2. The predicted octanol–water partition coefficient (Wildman–Crippen LogP) is 6.94. The molecule has 0 aliphatic rings. The van der Waals surface area contributed by atoms with Crippen LogP contribution in [0.5, 0.6) is 0 Å². The fourth-order valence-electron chi connectivity index (χ4n) is 3.02. The van der Waals surface area contributed by atoms with E-state index in [1.807, 2.05) is 66.7 Å². The summed E-state index contributed by atoms with van der Waals surface area (Å²) < 4.78 is 7.18. The second kappa shape index (κ2) is 7.52. The van der Waals surface area contributed by atoms with Gasteiger partial charge in [-0.25, -0.2) is 4.98 Å². The Morgan fingerprint density at radius 2 is 1.69 bits per heavy atom. The maximum atomic E-state index is 6.21. The van der Waals surface area contributed by atoms with E-state index in [-0.39, 0.29) is 0 Å². The monoisotopic (exact) mass is 437 g/mol. The maximum absolute atomic E-state index is 6.21. The summed E-state index contributed by atoms with van der Waals surface area (Å²) in [6.07, 6.45) is 0. The Morgan fingerprint density at radius 3 is 2.52 bits per heavy atom. The van der Waals surface area contributed by atoms with Crippen LogP contribution in [0.25, 0.3) is 32.5 Å². The van der Waals surface area contributed by atoms with Crippen molar-refractivity contribution in [1.82, 2.24) is 4.98 Å². The van der Waals surface area contributed by atoms with Gasteiger partial charge in [0.05, 0.1) is 15.6 Å². The third-order valence-electron chi connectivity index (χ3n) is 4.40. The zero-order valence-corrected chi connectivity index (χ0v) is 17.2. The lowest BCUT2D eigenvalue weighted by Gasteiger charge is -2.06. The number of aromatic nitrogens is 1. The number of nitrogens with one attached hydrogen (secondary N) is 1. The molecule has 0 saturated carbocycles. The van der Waals surface area contributed by atoms with Crippen molar-refractivity contribution >= 4 is 60.9 Å². The lowest BCUT2D eigenvalue weighted by atomic mass is 10.1. The van der Waals surface area contributed by atoms with Crippen LogP contribution in [-0.2, 0) is 0 Å². The summed E-state index contributed by atoms with van der Waals surface area (Å²) in [5, 5.41) is 8.12. The Morgan fingerprint density at radius 1 is 0.897 bits per heavy atom. The SMILES string of the molecule is Clc1ccc(-c2cc(=NNc3nc4ccccc4s3)c3cc(Cl)ccc3o2)cc1. The topological polar surface area (TPSA) is 50.4 Å². The Kier molecular flexibility index (Phi) is 4.72. The van der Waals surface area contributed by atoms with Crippen molar-refractivity contribution in [2.24, 2.45) is 5.10 Å². The first-order valence-corrected chi connectivity index (χ1v) is 10.4. The number of benzene rings is 3. The van der Waals surface area contributed by atoms with Crippen LogP contribution >= 0.6 is 34.5 Å². The number of fused-ring (bicyclic) bond motifs is 2. The van der Waals surface area contributed by atoms with Crippen molar-refractivity contribution in [1.29, 1.82) is 0 Å². The van der Waals surface area contributed by atoms with E-state index in [0.717, 1.165) is 26.3 Å². The molecule has 3 aromatic carbocycles. The van der Waals surface area contributed by atoms with Gasteiger partial charge in [-0.1, -0.05) is 46.7 Å².